The molecule has 0 radical (unpaired) electrons. The van der Waals surface area contributed by atoms with Gasteiger partial charge in [0.2, 0.25) is 11.8 Å². The first-order valence-corrected chi connectivity index (χ1v) is 7.07. The molecule has 0 bridgehead atoms. The molecule has 1 aromatic heterocycles. The lowest BCUT2D eigenvalue weighted by atomic mass is 10.1. The molecule has 7 heteroatoms. The van der Waals surface area contributed by atoms with E-state index in [-0.39, 0.29) is 18.5 Å². The van der Waals surface area contributed by atoms with Crippen LogP contribution in [0.3, 0.4) is 0 Å². The number of rotatable bonds is 3. The lowest BCUT2D eigenvalue weighted by molar-refractivity contribution is -0.121. The Kier molecular flexibility index (Phi) is 3.79. The van der Waals surface area contributed by atoms with Gasteiger partial charge in [-0.05, 0) is 17.7 Å². The summed E-state index contributed by atoms with van der Waals surface area (Å²) in [6, 6.07) is 7.87. The second kappa shape index (κ2) is 5.72. The number of nitrogens with one attached hydrogen (secondary N) is 2. The first-order chi connectivity index (χ1) is 9.70. The molecule has 1 saturated heterocycles. The number of hydrogen-bond donors (Lipinski definition) is 2. The first-order valence-electron chi connectivity index (χ1n) is 6.28. The summed E-state index contributed by atoms with van der Waals surface area (Å²) < 4.78 is 6.28. The summed E-state index contributed by atoms with van der Waals surface area (Å²) in [6.45, 7) is 0.741. The summed E-state index contributed by atoms with van der Waals surface area (Å²) in [5.41, 5.74) is 1.11. The van der Waals surface area contributed by atoms with Crippen LogP contribution in [-0.2, 0) is 11.2 Å². The second-order valence-electron chi connectivity index (χ2n) is 4.59. The first kappa shape index (κ1) is 13.3. The molecule has 6 nitrogen and oxygen atoms in total. The summed E-state index contributed by atoms with van der Waals surface area (Å²) in [5.74, 6) is 1.13. The summed E-state index contributed by atoms with van der Waals surface area (Å²) in [6.07, 6.45) is 0.613. The van der Waals surface area contributed by atoms with Crippen LogP contribution in [0, 0.1) is 0 Å². The molecule has 0 aliphatic carbocycles. The maximum absolute atomic E-state index is 11.1. The van der Waals surface area contributed by atoms with Gasteiger partial charge in [-0.15, -0.1) is 0 Å². The van der Waals surface area contributed by atoms with E-state index < -0.39 is 0 Å². The molecular formula is C13H13BrN4O2. The fourth-order valence-electron chi connectivity index (χ4n) is 2.05. The smallest absolute Gasteiger partial charge is 0.245 e. The molecule has 1 aliphatic rings. The minimum atomic E-state index is -0.114. The Bertz CT molecular complexity index is 618. The minimum absolute atomic E-state index is 0.0184. The number of aromatic nitrogens is 2. The third kappa shape index (κ3) is 3.05. The van der Waals surface area contributed by atoms with Crippen molar-refractivity contribution in [3.05, 3.63) is 46.0 Å². The van der Waals surface area contributed by atoms with E-state index in [1.165, 1.54) is 0 Å². The molecule has 2 N–H and O–H groups in total. The molecule has 0 spiro atoms. The van der Waals surface area contributed by atoms with Gasteiger partial charge in [0.25, 0.3) is 0 Å². The molecule has 1 aliphatic heterocycles. The Morgan fingerprint density at radius 2 is 2.35 bits per heavy atom. The van der Waals surface area contributed by atoms with Gasteiger partial charge in [0.1, 0.15) is 6.04 Å². The maximum atomic E-state index is 11.1. The van der Waals surface area contributed by atoms with Gasteiger partial charge in [-0.3, -0.25) is 10.1 Å². The van der Waals surface area contributed by atoms with Crippen molar-refractivity contribution in [3.8, 4) is 0 Å². The highest BCUT2D eigenvalue weighted by atomic mass is 79.9. The van der Waals surface area contributed by atoms with Gasteiger partial charge >= 0.3 is 0 Å². The molecule has 3 rings (SSSR count). The molecule has 1 amide bonds. The van der Waals surface area contributed by atoms with E-state index in [9.17, 15) is 4.79 Å². The lowest BCUT2D eigenvalue weighted by Crippen LogP contribution is -2.47. The summed E-state index contributed by atoms with van der Waals surface area (Å²) in [5, 5.41) is 9.80. The fourth-order valence-corrected chi connectivity index (χ4v) is 2.50. The quantitative estimate of drug-likeness (QED) is 0.879. The zero-order valence-corrected chi connectivity index (χ0v) is 12.2. The Balaban J connectivity index is 1.69. The zero-order chi connectivity index (χ0) is 13.9. The minimum Gasteiger partial charge on any atom is -0.353 e. The number of carbonyl (C=O) groups is 1. The van der Waals surface area contributed by atoms with Crippen molar-refractivity contribution in [3.63, 3.8) is 0 Å². The predicted molar refractivity (Wildman–Crippen MR) is 75.0 cm³/mol. The highest BCUT2D eigenvalue weighted by molar-refractivity contribution is 9.10. The largest absolute Gasteiger partial charge is 0.353 e. The molecule has 20 heavy (non-hydrogen) atoms. The van der Waals surface area contributed by atoms with Crippen molar-refractivity contribution in [2.75, 3.05) is 13.1 Å². The van der Waals surface area contributed by atoms with Crippen molar-refractivity contribution >= 4 is 21.8 Å². The van der Waals surface area contributed by atoms with Crippen molar-refractivity contribution in [1.82, 2.24) is 20.8 Å². The molecule has 2 aromatic rings. The van der Waals surface area contributed by atoms with Crippen molar-refractivity contribution < 1.29 is 9.32 Å². The van der Waals surface area contributed by atoms with Crippen LogP contribution in [0.15, 0.2) is 33.3 Å². The summed E-state index contributed by atoms with van der Waals surface area (Å²) in [4.78, 5) is 15.5. The standard InChI is InChI=1S/C13H13BrN4O2/c14-9-3-1-2-8(4-9)5-11-17-13(20-18-11)10-6-16-12(19)7-15-10/h1-4,10,15H,5-7H2,(H,16,19). The highest BCUT2D eigenvalue weighted by Gasteiger charge is 2.23. The van der Waals surface area contributed by atoms with E-state index in [0.717, 1.165) is 10.0 Å². The van der Waals surface area contributed by atoms with E-state index >= 15 is 0 Å². The average molecular weight is 337 g/mol. The van der Waals surface area contributed by atoms with Crippen molar-refractivity contribution in [2.45, 2.75) is 12.5 Å². The van der Waals surface area contributed by atoms with Gasteiger partial charge in [0.15, 0.2) is 5.82 Å². The SMILES string of the molecule is O=C1CNC(c2nc(Cc3cccc(Br)c3)no2)CN1. The van der Waals surface area contributed by atoms with Gasteiger partial charge in [-0.1, -0.05) is 33.2 Å². The molecule has 1 aromatic carbocycles. The van der Waals surface area contributed by atoms with Gasteiger partial charge in [0, 0.05) is 17.4 Å². The van der Waals surface area contributed by atoms with Crippen LogP contribution >= 0.6 is 15.9 Å². The summed E-state index contributed by atoms with van der Waals surface area (Å²) in [7, 11) is 0. The van der Waals surface area contributed by atoms with Crippen LogP contribution in [0.1, 0.15) is 23.3 Å². The molecule has 104 valence electrons. The number of hydrogen-bond acceptors (Lipinski definition) is 5. The van der Waals surface area contributed by atoms with Crippen LogP contribution in [0.4, 0.5) is 0 Å². The van der Waals surface area contributed by atoms with E-state index in [1.54, 1.807) is 0 Å². The third-order valence-corrected chi connectivity index (χ3v) is 3.54. The number of halogens is 1. The zero-order valence-electron chi connectivity index (χ0n) is 10.6. The van der Waals surface area contributed by atoms with Gasteiger partial charge in [-0.25, -0.2) is 0 Å². The fraction of sp³-hybridized carbons (Fsp3) is 0.308. The number of benzene rings is 1. The second-order valence-corrected chi connectivity index (χ2v) is 5.51. The van der Waals surface area contributed by atoms with Gasteiger partial charge in [-0.2, -0.15) is 4.98 Å². The number of nitrogens with zero attached hydrogens (tertiary/aromatic N) is 2. The molecule has 0 saturated carbocycles. The number of amides is 1. The van der Waals surface area contributed by atoms with Crippen LogP contribution in [-0.4, -0.2) is 29.1 Å². The Labute approximate surface area is 124 Å². The Morgan fingerprint density at radius 1 is 1.45 bits per heavy atom. The molecule has 1 unspecified atom stereocenters. The Morgan fingerprint density at radius 3 is 3.10 bits per heavy atom. The number of carbonyl (C=O) groups excluding carboxylic acids is 1. The normalized spacial score (nSPS) is 18.9. The monoisotopic (exact) mass is 336 g/mol. The van der Waals surface area contributed by atoms with Gasteiger partial charge in [0.05, 0.1) is 6.54 Å². The highest BCUT2D eigenvalue weighted by Crippen LogP contribution is 2.16. The maximum Gasteiger partial charge on any atom is 0.245 e. The van der Waals surface area contributed by atoms with Gasteiger partial charge < -0.3 is 9.84 Å². The summed E-state index contributed by atoms with van der Waals surface area (Å²) >= 11 is 3.43. The molecular weight excluding hydrogens is 324 g/mol. The van der Waals surface area contributed by atoms with E-state index in [0.29, 0.717) is 24.7 Å². The molecule has 1 atom stereocenters. The van der Waals surface area contributed by atoms with Crippen LogP contribution in [0.2, 0.25) is 0 Å². The van der Waals surface area contributed by atoms with Crippen LogP contribution in [0.5, 0.6) is 0 Å². The molecule has 1 fully saturated rings. The molecule has 2 heterocycles. The predicted octanol–water partition coefficient (Wildman–Crippen LogP) is 1.18. The lowest BCUT2D eigenvalue weighted by Gasteiger charge is -2.20. The van der Waals surface area contributed by atoms with E-state index in [2.05, 4.69) is 36.7 Å². The van der Waals surface area contributed by atoms with Crippen molar-refractivity contribution in [1.29, 1.82) is 0 Å². The topological polar surface area (TPSA) is 80.1 Å². The third-order valence-electron chi connectivity index (χ3n) is 3.05. The van der Waals surface area contributed by atoms with E-state index in [1.807, 2.05) is 24.3 Å². The van der Waals surface area contributed by atoms with E-state index in [4.69, 9.17) is 4.52 Å². The number of piperazine rings is 1. The van der Waals surface area contributed by atoms with Crippen LogP contribution < -0.4 is 10.6 Å². The van der Waals surface area contributed by atoms with Crippen LogP contribution in [0.25, 0.3) is 0 Å². The Hall–Kier alpha value is -1.73. The van der Waals surface area contributed by atoms with Crippen molar-refractivity contribution in [2.24, 2.45) is 0 Å². The average Bonchev–Trinajstić information content (AvgIpc) is 2.88.